The predicted octanol–water partition coefficient (Wildman–Crippen LogP) is 1.40. The van der Waals surface area contributed by atoms with Gasteiger partial charge in [0, 0.05) is 26.4 Å². The molecule has 1 N–H and O–H groups in total. The van der Waals surface area contributed by atoms with Crippen molar-refractivity contribution >= 4 is 0 Å². The van der Waals surface area contributed by atoms with Gasteiger partial charge >= 0.3 is 0 Å². The van der Waals surface area contributed by atoms with Gasteiger partial charge in [0.05, 0.1) is 5.69 Å². The highest BCUT2D eigenvalue weighted by atomic mass is 16.3. The number of aliphatic hydroxyl groups is 1. The first-order chi connectivity index (χ1) is 8.19. The second kappa shape index (κ2) is 5.19. The molecule has 2 rings (SSSR count). The molecule has 0 amide bonds. The first kappa shape index (κ1) is 12.6. The van der Waals surface area contributed by atoms with Crippen molar-refractivity contribution in [2.75, 3.05) is 19.7 Å². The Morgan fingerprint density at radius 3 is 2.59 bits per heavy atom. The molecule has 0 aliphatic carbocycles. The van der Waals surface area contributed by atoms with E-state index < -0.39 is 0 Å². The van der Waals surface area contributed by atoms with Crippen LogP contribution < -0.4 is 0 Å². The minimum atomic E-state index is 0.183. The van der Waals surface area contributed by atoms with Crippen LogP contribution in [0.5, 0.6) is 0 Å². The zero-order valence-corrected chi connectivity index (χ0v) is 10.9. The van der Waals surface area contributed by atoms with Gasteiger partial charge in [0.1, 0.15) is 0 Å². The summed E-state index contributed by atoms with van der Waals surface area (Å²) in [5, 5.41) is 13.7. The first-order valence-electron chi connectivity index (χ1n) is 6.49. The van der Waals surface area contributed by atoms with Gasteiger partial charge in [0.25, 0.3) is 0 Å². The van der Waals surface area contributed by atoms with Crippen molar-refractivity contribution in [3.63, 3.8) is 0 Å². The molecule has 17 heavy (non-hydrogen) atoms. The molecule has 0 bridgehead atoms. The lowest BCUT2D eigenvalue weighted by Crippen LogP contribution is -2.41. The lowest BCUT2D eigenvalue weighted by Gasteiger charge is -2.40. The number of aliphatic hydroxyl groups excluding tert-OH is 1. The third-order valence-corrected chi connectivity index (χ3v) is 4.31. The van der Waals surface area contributed by atoms with Gasteiger partial charge in [-0.2, -0.15) is 5.10 Å². The van der Waals surface area contributed by atoms with Gasteiger partial charge in [0.2, 0.25) is 0 Å². The Hall–Kier alpha value is -0.870. The Kier molecular flexibility index (Phi) is 3.84. The highest BCUT2D eigenvalue weighted by Gasteiger charge is 2.32. The molecular weight excluding hydrogens is 214 g/mol. The van der Waals surface area contributed by atoms with Gasteiger partial charge in [-0.15, -0.1) is 0 Å². The summed E-state index contributed by atoms with van der Waals surface area (Å²) >= 11 is 0. The maximum Gasteiger partial charge on any atom is 0.0521 e. The molecule has 0 aromatic carbocycles. The first-order valence-corrected chi connectivity index (χ1v) is 6.49. The molecule has 1 aliphatic heterocycles. The van der Waals surface area contributed by atoms with E-state index in [0.717, 1.165) is 38.9 Å². The number of aryl methyl sites for hydroxylation is 1. The van der Waals surface area contributed by atoms with Gasteiger partial charge in [-0.05, 0) is 43.8 Å². The molecular formula is C13H23N3O. The average molecular weight is 237 g/mol. The zero-order valence-electron chi connectivity index (χ0n) is 10.9. The molecule has 4 nitrogen and oxygen atoms in total. The van der Waals surface area contributed by atoms with Crippen molar-refractivity contribution in [3.05, 3.63) is 18.0 Å². The molecule has 0 unspecified atom stereocenters. The smallest absolute Gasteiger partial charge is 0.0521 e. The van der Waals surface area contributed by atoms with Crippen molar-refractivity contribution in [2.45, 2.75) is 32.7 Å². The minimum absolute atomic E-state index is 0.183. The van der Waals surface area contributed by atoms with Gasteiger partial charge in [-0.1, -0.05) is 6.92 Å². The molecule has 0 spiro atoms. The topological polar surface area (TPSA) is 41.3 Å². The van der Waals surface area contributed by atoms with E-state index in [4.69, 9.17) is 0 Å². The number of hydrogen-bond donors (Lipinski definition) is 1. The van der Waals surface area contributed by atoms with Crippen LogP contribution in [0.1, 0.15) is 31.9 Å². The van der Waals surface area contributed by atoms with E-state index in [0.29, 0.717) is 6.61 Å². The summed E-state index contributed by atoms with van der Waals surface area (Å²) in [6.45, 7) is 5.66. The highest BCUT2D eigenvalue weighted by molar-refractivity contribution is 5.00. The Labute approximate surface area is 103 Å². The number of piperidine rings is 1. The quantitative estimate of drug-likeness (QED) is 0.860. The molecule has 1 aromatic heterocycles. The van der Waals surface area contributed by atoms with Crippen LogP contribution in [-0.4, -0.2) is 39.5 Å². The SMILES string of the molecule is CCC1(CO)CCN(Cc2ccnn2C)CC1. The maximum atomic E-state index is 9.50. The molecule has 96 valence electrons. The van der Waals surface area contributed by atoms with Crippen LogP contribution >= 0.6 is 0 Å². The van der Waals surface area contributed by atoms with E-state index >= 15 is 0 Å². The largest absolute Gasteiger partial charge is 0.396 e. The van der Waals surface area contributed by atoms with E-state index in [1.165, 1.54) is 5.69 Å². The van der Waals surface area contributed by atoms with Crippen molar-refractivity contribution in [1.82, 2.24) is 14.7 Å². The van der Waals surface area contributed by atoms with E-state index in [9.17, 15) is 5.11 Å². The van der Waals surface area contributed by atoms with Gasteiger partial charge < -0.3 is 5.11 Å². The molecule has 1 fully saturated rings. The molecule has 4 heteroatoms. The molecule has 0 atom stereocenters. The third-order valence-electron chi connectivity index (χ3n) is 4.31. The Bertz CT molecular complexity index is 347. The van der Waals surface area contributed by atoms with Crippen LogP contribution in [0.4, 0.5) is 0 Å². The fourth-order valence-corrected chi connectivity index (χ4v) is 2.59. The lowest BCUT2D eigenvalue weighted by molar-refractivity contribution is 0.0374. The van der Waals surface area contributed by atoms with Crippen molar-refractivity contribution < 1.29 is 5.11 Å². The Morgan fingerprint density at radius 2 is 2.12 bits per heavy atom. The van der Waals surface area contributed by atoms with E-state index in [-0.39, 0.29) is 5.41 Å². The summed E-state index contributed by atoms with van der Waals surface area (Å²) in [6.07, 6.45) is 5.15. The Morgan fingerprint density at radius 1 is 1.41 bits per heavy atom. The molecule has 1 aliphatic rings. The monoisotopic (exact) mass is 237 g/mol. The van der Waals surface area contributed by atoms with Crippen LogP contribution in [0.3, 0.4) is 0 Å². The Balaban J connectivity index is 1.89. The van der Waals surface area contributed by atoms with E-state index in [1.807, 2.05) is 17.9 Å². The standard InChI is InChI=1S/C13H23N3O/c1-3-13(11-17)5-8-16(9-6-13)10-12-4-7-14-15(12)2/h4,7,17H,3,5-6,8-11H2,1-2H3. The van der Waals surface area contributed by atoms with Gasteiger partial charge in [-0.25, -0.2) is 0 Å². The van der Waals surface area contributed by atoms with Crippen molar-refractivity contribution in [2.24, 2.45) is 12.5 Å². The lowest BCUT2D eigenvalue weighted by atomic mass is 9.77. The van der Waals surface area contributed by atoms with Crippen LogP contribution in [0, 0.1) is 5.41 Å². The fraction of sp³-hybridized carbons (Fsp3) is 0.769. The summed E-state index contributed by atoms with van der Waals surface area (Å²) < 4.78 is 1.94. The number of aromatic nitrogens is 2. The summed E-state index contributed by atoms with van der Waals surface area (Å²) in [4.78, 5) is 2.46. The number of rotatable bonds is 4. The summed E-state index contributed by atoms with van der Waals surface area (Å²) in [7, 11) is 1.99. The van der Waals surface area contributed by atoms with E-state index in [1.54, 1.807) is 0 Å². The summed E-state index contributed by atoms with van der Waals surface area (Å²) in [5.41, 5.74) is 1.45. The van der Waals surface area contributed by atoms with Crippen LogP contribution in [0.2, 0.25) is 0 Å². The normalized spacial score (nSPS) is 20.6. The molecule has 0 saturated carbocycles. The third kappa shape index (κ3) is 2.69. The molecule has 1 aromatic rings. The summed E-state index contributed by atoms with van der Waals surface area (Å²) in [5.74, 6) is 0. The zero-order chi connectivity index (χ0) is 12.3. The van der Waals surface area contributed by atoms with E-state index in [2.05, 4.69) is 23.0 Å². The molecule has 1 saturated heterocycles. The van der Waals surface area contributed by atoms with Crippen molar-refractivity contribution in [3.8, 4) is 0 Å². The second-order valence-electron chi connectivity index (χ2n) is 5.23. The highest BCUT2D eigenvalue weighted by Crippen LogP contribution is 2.34. The van der Waals surface area contributed by atoms with Crippen LogP contribution in [0.15, 0.2) is 12.3 Å². The second-order valence-corrected chi connectivity index (χ2v) is 5.23. The maximum absolute atomic E-state index is 9.50. The van der Waals surface area contributed by atoms with Crippen LogP contribution in [0.25, 0.3) is 0 Å². The predicted molar refractivity (Wildman–Crippen MR) is 67.5 cm³/mol. The van der Waals surface area contributed by atoms with Crippen LogP contribution in [-0.2, 0) is 13.6 Å². The number of nitrogens with zero attached hydrogens (tertiary/aromatic N) is 3. The van der Waals surface area contributed by atoms with Gasteiger partial charge in [-0.3, -0.25) is 9.58 Å². The average Bonchev–Trinajstić information content (AvgIpc) is 2.77. The van der Waals surface area contributed by atoms with Gasteiger partial charge in [0.15, 0.2) is 0 Å². The number of hydrogen-bond acceptors (Lipinski definition) is 3. The molecule has 2 heterocycles. The fourth-order valence-electron chi connectivity index (χ4n) is 2.59. The summed E-state index contributed by atoms with van der Waals surface area (Å²) in [6, 6.07) is 2.08. The number of likely N-dealkylation sites (tertiary alicyclic amines) is 1. The molecule has 0 radical (unpaired) electrons. The van der Waals surface area contributed by atoms with Crippen molar-refractivity contribution in [1.29, 1.82) is 0 Å². The minimum Gasteiger partial charge on any atom is -0.396 e.